The molecule has 0 fully saturated rings. The average Bonchev–Trinajstić information content (AvgIpc) is 2.81. The van der Waals surface area contributed by atoms with Crippen molar-refractivity contribution in [1.82, 2.24) is 4.90 Å². The minimum absolute atomic E-state index is 0.0133. The zero-order chi connectivity index (χ0) is 14.4. The second-order valence-corrected chi connectivity index (χ2v) is 5.90. The van der Waals surface area contributed by atoms with Crippen molar-refractivity contribution in [3.63, 3.8) is 0 Å². The largest absolute Gasteiger partial charge is 0.478 e. The summed E-state index contributed by atoms with van der Waals surface area (Å²) in [5.41, 5.74) is 0. The number of nitrogens with zero attached hydrogens (tertiary/aromatic N) is 1. The second kappa shape index (κ2) is 7.09. The Hall–Kier alpha value is -1.62. The lowest BCUT2D eigenvalue weighted by molar-refractivity contribution is -0.131. The van der Waals surface area contributed by atoms with Crippen LogP contribution in [0, 0.1) is 5.92 Å². The molecule has 1 rings (SSSR count). The third-order valence-corrected chi connectivity index (χ3v) is 3.65. The molecule has 0 unspecified atom stereocenters. The van der Waals surface area contributed by atoms with Crippen LogP contribution in [0.4, 0.5) is 0 Å². The fraction of sp³-hybridized carbons (Fsp3) is 0.429. The number of thiophene rings is 1. The molecular formula is C14H19NO3S. The van der Waals surface area contributed by atoms with E-state index in [1.54, 1.807) is 24.1 Å². The topological polar surface area (TPSA) is 57.6 Å². The number of carbonyl (C=O) groups excluding carboxylic acids is 1. The van der Waals surface area contributed by atoms with Gasteiger partial charge in [0.2, 0.25) is 0 Å². The highest BCUT2D eigenvalue weighted by Gasteiger charge is 2.13. The Morgan fingerprint density at radius 2 is 2.11 bits per heavy atom. The van der Waals surface area contributed by atoms with Crippen LogP contribution < -0.4 is 0 Å². The van der Waals surface area contributed by atoms with Crippen LogP contribution >= 0.6 is 11.3 Å². The third-order valence-electron chi connectivity index (χ3n) is 2.62. The first-order chi connectivity index (χ1) is 8.90. The Labute approximate surface area is 117 Å². The first kappa shape index (κ1) is 15.4. The third kappa shape index (κ3) is 5.26. The summed E-state index contributed by atoms with van der Waals surface area (Å²) in [7, 11) is 1.79. The van der Waals surface area contributed by atoms with Gasteiger partial charge in [-0.1, -0.05) is 13.8 Å². The van der Waals surface area contributed by atoms with Crippen LogP contribution in [0.25, 0.3) is 6.08 Å². The monoisotopic (exact) mass is 281 g/mol. The molecule has 1 aromatic heterocycles. The summed E-state index contributed by atoms with van der Waals surface area (Å²) in [6, 6.07) is 3.49. The normalized spacial score (nSPS) is 11.2. The second-order valence-electron chi connectivity index (χ2n) is 4.78. The van der Waals surface area contributed by atoms with Crippen LogP contribution in [0.15, 0.2) is 18.2 Å². The van der Waals surface area contributed by atoms with Crippen molar-refractivity contribution in [2.45, 2.75) is 20.3 Å². The molecule has 104 valence electrons. The summed E-state index contributed by atoms with van der Waals surface area (Å²) >= 11 is 1.30. The SMILES string of the molecule is CC(C)CCN(C)C(=O)c1ccc(/C=C/C(=O)O)s1. The lowest BCUT2D eigenvalue weighted by Gasteiger charge is -2.17. The predicted molar refractivity (Wildman–Crippen MR) is 77.4 cm³/mol. The van der Waals surface area contributed by atoms with Gasteiger partial charge in [0.25, 0.3) is 5.91 Å². The van der Waals surface area contributed by atoms with Crippen molar-refractivity contribution < 1.29 is 14.7 Å². The summed E-state index contributed by atoms with van der Waals surface area (Å²) in [6.07, 6.45) is 3.54. The molecular weight excluding hydrogens is 262 g/mol. The Morgan fingerprint density at radius 1 is 1.42 bits per heavy atom. The van der Waals surface area contributed by atoms with Crippen molar-refractivity contribution in [3.8, 4) is 0 Å². The maximum Gasteiger partial charge on any atom is 0.328 e. The average molecular weight is 281 g/mol. The predicted octanol–water partition coefficient (Wildman–Crippen LogP) is 2.96. The molecule has 0 aliphatic carbocycles. The van der Waals surface area contributed by atoms with Gasteiger partial charge >= 0.3 is 5.97 Å². The zero-order valence-corrected chi connectivity index (χ0v) is 12.2. The first-order valence-corrected chi connectivity index (χ1v) is 6.98. The Bertz CT molecular complexity index is 477. The number of rotatable bonds is 6. The van der Waals surface area contributed by atoms with Gasteiger partial charge in [-0.3, -0.25) is 4.79 Å². The number of aliphatic carboxylic acids is 1. The van der Waals surface area contributed by atoms with E-state index in [-0.39, 0.29) is 5.91 Å². The van der Waals surface area contributed by atoms with Gasteiger partial charge < -0.3 is 10.0 Å². The van der Waals surface area contributed by atoms with Gasteiger partial charge in [-0.25, -0.2) is 4.79 Å². The van der Waals surface area contributed by atoms with Gasteiger partial charge in [0.1, 0.15) is 0 Å². The van der Waals surface area contributed by atoms with Crippen molar-refractivity contribution >= 4 is 29.3 Å². The van der Waals surface area contributed by atoms with E-state index in [0.717, 1.165) is 23.9 Å². The van der Waals surface area contributed by atoms with E-state index in [2.05, 4.69) is 13.8 Å². The number of carboxylic acids is 1. The van der Waals surface area contributed by atoms with E-state index >= 15 is 0 Å². The van der Waals surface area contributed by atoms with Crippen LogP contribution in [0.3, 0.4) is 0 Å². The number of amides is 1. The van der Waals surface area contributed by atoms with Crippen LogP contribution in [-0.2, 0) is 4.79 Å². The first-order valence-electron chi connectivity index (χ1n) is 6.16. The Balaban J connectivity index is 2.65. The molecule has 0 saturated carbocycles. The van der Waals surface area contributed by atoms with E-state index in [0.29, 0.717) is 10.8 Å². The molecule has 0 saturated heterocycles. The smallest absolute Gasteiger partial charge is 0.328 e. The maximum absolute atomic E-state index is 12.1. The van der Waals surface area contributed by atoms with Gasteiger partial charge in [-0.2, -0.15) is 0 Å². The Kier molecular flexibility index (Phi) is 5.76. The highest BCUT2D eigenvalue weighted by atomic mass is 32.1. The molecule has 5 heteroatoms. The number of hydrogen-bond donors (Lipinski definition) is 1. The maximum atomic E-state index is 12.1. The fourth-order valence-electron chi connectivity index (χ4n) is 1.45. The van der Waals surface area contributed by atoms with Gasteiger partial charge in [-0.05, 0) is 30.5 Å². The van der Waals surface area contributed by atoms with Crippen LogP contribution in [0.2, 0.25) is 0 Å². The lowest BCUT2D eigenvalue weighted by Crippen LogP contribution is -2.27. The standard InChI is InChI=1S/C14H19NO3S/c1-10(2)8-9-15(3)14(18)12-6-4-11(19-12)5-7-13(16)17/h4-7,10H,8-9H2,1-3H3,(H,16,17)/b7-5+. The summed E-state index contributed by atoms with van der Waals surface area (Å²) < 4.78 is 0. The molecule has 1 amide bonds. The molecule has 19 heavy (non-hydrogen) atoms. The molecule has 0 aliphatic rings. The molecule has 0 aliphatic heterocycles. The molecule has 0 radical (unpaired) electrons. The number of carboxylic acid groups (broad SMARTS) is 1. The summed E-state index contributed by atoms with van der Waals surface area (Å²) in [6.45, 7) is 4.98. The van der Waals surface area contributed by atoms with Gasteiger partial charge in [0.05, 0.1) is 4.88 Å². The lowest BCUT2D eigenvalue weighted by atomic mass is 10.1. The van der Waals surface area contributed by atoms with Crippen molar-refractivity contribution in [2.75, 3.05) is 13.6 Å². The van der Waals surface area contributed by atoms with E-state index in [4.69, 9.17) is 5.11 Å². The minimum Gasteiger partial charge on any atom is -0.478 e. The quantitative estimate of drug-likeness (QED) is 0.816. The van der Waals surface area contributed by atoms with E-state index < -0.39 is 5.97 Å². The number of carbonyl (C=O) groups is 2. The molecule has 1 heterocycles. The molecule has 4 nitrogen and oxygen atoms in total. The minimum atomic E-state index is -0.990. The number of hydrogen-bond acceptors (Lipinski definition) is 3. The van der Waals surface area contributed by atoms with Crippen molar-refractivity contribution in [2.24, 2.45) is 5.92 Å². The van der Waals surface area contributed by atoms with Gasteiger partial charge in [0, 0.05) is 24.5 Å². The molecule has 1 aromatic rings. The molecule has 0 atom stereocenters. The van der Waals surface area contributed by atoms with Crippen LogP contribution in [0.5, 0.6) is 0 Å². The van der Waals surface area contributed by atoms with Crippen LogP contribution in [0.1, 0.15) is 34.8 Å². The molecule has 1 N–H and O–H groups in total. The van der Waals surface area contributed by atoms with E-state index in [9.17, 15) is 9.59 Å². The van der Waals surface area contributed by atoms with Gasteiger partial charge in [0.15, 0.2) is 0 Å². The Morgan fingerprint density at radius 3 is 2.68 bits per heavy atom. The van der Waals surface area contributed by atoms with Gasteiger partial charge in [-0.15, -0.1) is 11.3 Å². The molecule has 0 aromatic carbocycles. The highest BCUT2D eigenvalue weighted by Crippen LogP contribution is 2.19. The van der Waals surface area contributed by atoms with E-state index in [1.165, 1.54) is 17.4 Å². The van der Waals surface area contributed by atoms with Crippen LogP contribution in [-0.4, -0.2) is 35.5 Å². The molecule has 0 spiro atoms. The summed E-state index contributed by atoms with van der Waals surface area (Å²) in [5, 5.41) is 8.54. The van der Waals surface area contributed by atoms with Crippen molar-refractivity contribution in [3.05, 3.63) is 28.0 Å². The highest BCUT2D eigenvalue weighted by molar-refractivity contribution is 7.14. The summed E-state index contributed by atoms with van der Waals surface area (Å²) in [4.78, 5) is 25.6. The zero-order valence-electron chi connectivity index (χ0n) is 11.4. The van der Waals surface area contributed by atoms with E-state index in [1.807, 2.05) is 0 Å². The molecule has 0 bridgehead atoms. The fourth-order valence-corrected chi connectivity index (χ4v) is 2.36. The van der Waals surface area contributed by atoms with Crippen molar-refractivity contribution in [1.29, 1.82) is 0 Å². The summed E-state index contributed by atoms with van der Waals surface area (Å²) in [5.74, 6) is -0.441.